The van der Waals surface area contributed by atoms with Crippen LogP contribution in [0.5, 0.6) is 5.75 Å². The summed E-state index contributed by atoms with van der Waals surface area (Å²) >= 11 is 0. The molecule has 3 aromatic rings. The van der Waals surface area contributed by atoms with E-state index in [9.17, 15) is 19.5 Å². The van der Waals surface area contributed by atoms with Crippen LogP contribution in [0, 0.1) is 0 Å². The molecule has 10 nitrogen and oxygen atoms in total. The summed E-state index contributed by atoms with van der Waals surface area (Å²) in [5, 5.41) is 12.4. The van der Waals surface area contributed by atoms with Gasteiger partial charge in [0.25, 0.3) is 0 Å². The molecule has 5 rings (SSSR count). The number of urea groups is 1. The summed E-state index contributed by atoms with van der Waals surface area (Å²) in [7, 11) is 0. The highest BCUT2D eigenvalue weighted by molar-refractivity contribution is 5.93. The summed E-state index contributed by atoms with van der Waals surface area (Å²) in [5.41, 5.74) is 2.84. The summed E-state index contributed by atoms with van der Waals surface area (Å²) < 4.78 is 10.8. The Bertz CT molecular complexity index is 1340. The van der Waals surface area contributed by atoms with Crippen LogP contribution in [0.1, 0.15) is 60.0 Å². The summed E-state index contributed by atoms with van der Waals surface area (Å²) in [6.07, 6.45) is 4.45. The lowest BCUT2D eigenvalue weighted by atomic mass is 10.1. The van der Waals surface area contributed by atoms with Crippen LogP contribution in [0.4, 0.5) is 4.79 Å². The third-order valence-electron chi connectivity index (χ3n) is 7.82. The number of amides is 3. The van der Waals surface area contributed by atoms with E-state index < -0.39 is 28.8 Å². The first-order valence-electron chi connectivity index (χ1n) is 13.8. The zero-order chi connectivity index (χ0) is 28.1. The van der Waals surface area contributed by atoms with Gasteiger partial charge in [-0.1, -0.05) is 42.5 Å². The maximum Gasteiger partial charge on any atom is 0.425 e. The number of rotatable bonds is 9. The fraction of sp³-hybridized carbons (Fsp3) is 0.400. The smallest absolute Gasteiger partial charge is 0.425 e. The number of benzene rings is 2. The number of quaternary nitrogens is 1. The molecule has 0 aliphatic carbocycles. The number of esters is 1. The van der Waals surface area contributed by atoms with Gasteiger partial charge in [-0.3, -0.25) is 10.1 Å². The number of hydrogen-bond acceptors (Lipinski definition) is 7. The van der Waals surface area contributed by atoms with E-state index in [0.29, 0.717) is 25.8 Å². The van der Waals surface area contributed by atoms with Gasteiger partial charge in [-0.2, -0.15) is 4.48 Å². The number of carbonyl (C=O) groups is 3. The third kappa shape index (κ3) is 5.93. The van der Waals surface area contributed by atoms with E-state index in [2.05, 4.69) is 15.3 Å². The van der Waals surface area contributed by atoms with Crippen LogP contribution in [0.25, 0.3) is 0 Å². The molecule has 210 valence electrons. The molecule has 0 radical (unpaired) electrons. The van der Waals surface area contributed by atoms with Crippen molar-refractivity contribution in [3.63, 3.8) is 0 Å². The van der Waals surface area contributed by atoms with E-state index in [1.54, 1.807) is 18.3 Å². The van der Waals surface area contributed by atoms with Crippen LogP contribution < -0.4 is 5.32 Å². The maximum atomic E-state index is 13.9. The van der Waals surface area contributed by atoms with E-state index in [1.807, 2.05) is 49.4 Å². The lowest BCUT2D eigenvalue weighted by molar-refractivity contribution is -0.778. The molecule has 4 atom stereocenters. The first-order valence-corrected chi connectivity index (χ1v) is 13.8. The molecule has 3 amide bonds. The highest BCUT2D eigenvalue weighted by Crippen LogP contribution is 2.31. The second kappa shape index (κ2) is 12.0. The van der Waals surface area contributed by atoms with Crippen LogP contribution in [0.15, 0.2) is 60.8 Å². The number of phenols is 1. The number of cyclic esters (lactones) is 1. The summed E-state index contributed by atoms with van der Waals surface area (Å²) in [5.74, 6) is -0.461. The first kappa shape index (κ1) is 27.5. The van der Waals surface area contributed by atoms with Crippen LogP contribution in [-0.4, -0.2) is 62.4 Å². The van der Waals surface area contributed by atoms with Crippen molar-refractivity contribution in [1.82, 2.24) is 15.3 Å². The molecule has 3 heterocycles. The van der Waals surface area contributed by atoms with Crippen molar-refractivity contribution in [2.75, 3.05) is 6.54 Å². The molecule has 2 fully saturated rings. The normalized spacial score (nSPS) is 24.1. The molecule has 1 aromatic heterocycles. The monoisotopic (exact) mass is 547 g/mol. The molecular weight excluding hydrogens is 512 g/mol. The Morgan fingerprint density at radius 1 is 1.12 bits per heavy atom. The van der Waals surface area contributed by atoms with Gasteiger partial charge >= 0.3 is 17.9 Å². The van der Waals surface area contributed by atoms with Crippen molar-refractivity contribution < 1.29 is 33.4 Å². The SMILES string of the molecule is C[C@H]1CCC[N+]1(C(=O)NC1CC(=O)OC1OCc1ccccc1)C(=O)c1ncc(CCCc2ccc(O)cc2)[nH]1. The molecule has 40 heavy (non-hydrogen) atoms. The lowest BCUT2D eigenvalue weighted by Gasteiger charge is -2.33. The lowest BCUT2D eigenvalue weighted by Crippen LogP contribution is -2.64. The summed E-state index contributed by atoms with van der Waals surface area (Å²) in [6.45, 7) is 2.47. The number of hydrogen-bond donors (Lipinski definition) is 3. The predicted molar refractivity (Wildman–Crippen MR) is 145 cm³/mol. The Kier molecular flexibility index (Phi) is 8.27. The number of carbonyl (C=O) groups excluding carboxylic acids is 3. The van der Waals surface area contributed by atoms with Crippen molar-refractivity contribution in [2.45, 2.75) is 70.4 Å². The molecule has 0 saturated carbocycles. The van der Waals surface area contributed by atoms with Crippen molar-refractivity contribution in [2.24, 2.45) is 0 Å². The van der Waals surface area contributed by atoms with E-state index in [1.165, 1.54) is 0 Å². The number of nitrogens with one attached hydrogen (secondary N) is 2. The molecule has 2 saturated heterocycles. The molecule has 0 spiro atoms. The van der Waals surface area contributed by atoms with Crippen LogP contribution in [0.3, 0.4) is 0 Å². The molecule has 3 N–H and O–H groups in total. The molecule has 2 aliphatic rings. The molecular formula is C30H35N4O6+. The number of aryl methyl sites for hydroxylation is 2. The number of phenolic OH excluding ortho intramolecular Hbond substituents is 1. The number of ether oxygens (including phenoxy) is 2. The number of aromatic hydroxyl groups is 1. The molecule has 10 heteroatoms. The van der Waals surface area contributed by atoms with Crippen molar-refractivity contribution in [3.8, 4) is 5.75 Å². The largest absolute Gasteiger partial charge is 0.508 e. The predicted octanol–water partition coefficient (Wildman–Crippen LogP) is 4.00. The number of aromatic amines is 1. The Morgan fingerprint density at radius 3 is 2.62 bits per heavy atom. The van der Waals surface area contributed by atoms with Crippen LogP contribution in [-0.2, 0) is 33.7 Å². The van der Waals surface area contributed by atoms with Gasteiger partial charge < -0.3 is 19.6 Å². The average Bonchev–Trinajstić information content (AvgIpc) is 3.67. The van der Waals surface area contributed by atoms with Crippen molar-refractivity contribution >= 4 is 17.9 Å². The van der Waals surface area contributed by atoms with Gasteiger partial charge in [-0.25, -0.2) is 14.6 Å². The van der Waals surface area contributed by atoms with E-state index in [4.69, 9.17) is 9.47 Å². The van der Waals surface area contributed by atoms with Gasteiger partial charge in [0.05, 0.1) is 19.6 Å². The minimum atomic E-state index is -0.937. The maximum absolute atomic E-state index is 13.9. The van der Waals surface area contributed by atoms with Gasteiger partial charge in [0, 0.05) is 24.7 Å². The van der Waals surface area contributed by atoms with E-state index >= 15 is 0 Å². The molecule has 0 bridgehead atoms. The molecule has 2 aromatic carbocycles. The van der Waals surface area contributed by atoms with Gasteiger partial charge in [0.15, 0.2) is 0 Å². The minimum Gasteiger partial charge on any atom is -0.508 e. The number of aromatic nitrogens is 2. The van der Waals surface area contributed by atoms with Crippen molar-refractivity contribution in [1.29, 1.82) is 0 Å². The second-order valence-corrected chi connectivity index (χ2v) is 10.6. The topological polar surface area (TPSA) is 131 Å². The number of nitrogens with zero attached hydrogens (tertiary/aromatic N) is 2. The average molecular weight is 548 g/mol. The van der Waals surface area contributed by atoms with Crippen molar-refractivity contribution in [3.05, 3.63) is 83.4 Å². The highest BCUT2D eigenvalue weighted by Gasteiger charge is 2.55. The van der Waals surface area contributed by atoms with Gasteiger partial charge in [0.2, 0.25) is 12.1 Å². The number of imide groups is 1. The summed E-state index contributed by atoms with van der Waals surface area (Å²) in [6, 6.07) is 15.2. The Balaban J connectivity index is 1.24. The Morgan fingerprint density at radius 2 is 1.90 bits per heavy atom. The molecule has 2 aliphatic heterocycles. The number of likely N-dealkylation sites (tertiary alicyclic amines) is 1. The Hall–Kier alpha value is -4.02. The van der Waals surface area contributed by atoms with E-state index in [-0.39, 0.29) is 36.6 Å². The van der Waals surface area contributed by atoms with Crippen LogP contribution >= 0.6 is 0 Å². The zero-order valence-electron chi connectivity index (χ0n) is 22.5. The van der Waals surface area contributed by atoms with Gasteiger partial charge in [-0.05, 0) is 49.4 Å². The van der Waals surface area contributed by atoms with Crippen LogP contribution in [0.2, 0.25) is 0 Å². The second-order valence-electron chi connectivity index (χ2n) is 10.6. The quantitative estimate of drug-likeness (QED) is 0.273. The Labute approximate surface area is 232 Å². The molecule has 3 unspecified atom stereocenters. The third-order valence-corrected chi connectivity index (χ3v) is 7.82. The minimum absolute atomic E-state index is 0.0281. The van der Waals surface area contributed by atoms with E-state index in [0.717, 1.165) is 29.7 Å². The van der Waals surface area contributed by atoms with Gasteiger partial charge in [0.1, 0.15) is 17.8 Å². The number of H-pyrrole nitrogens is 1. The standard InChI is InChI=1S/C30H34N4O6/c1-20-7-6-16-34(20,28(37)27-31-18-23(32-27)11-5-10-21-12-14-24(35)15-13-21)30(38)33-25-17-26(36)40-29(25)39-19-22-8-3-2-4-9-22/h2-4,8-9,12-15,18,20,25,29H,5-7,10-11,16-17,19H2,1H3,(H2-,31,32,33,35,37,38)/p+1/t20-,25?,29?,34?/m0/s1. The first-order chi connectivity index (χ1) is 19.3. The zero-order valence-corrected chi connectivity index (χ0v) is 22.5. The number of imidazole rings is 1. The van der Waals surface area contributed by atoms with Gasteiger partial charge in [-0.15, -0.1) is 0 Å². The summed E-state index contributed by atoms with van der Waals surface area (Å²) in [4.78, 5) is 47.2. The highest BCUT2D eigenvalue weighted by atomic mass is 16.7. The fourth-order valence-corrected chi connectivity index (χ4v) is 5.53. The fourth-order valence-electron chi connectivity index (χ4n) is 5.53.